The van der Waals surface area contributed by atoms with E-state index in [2.05, 4.69) is 0 Å². The normalized spacial score (nSPS) is 21.9. The van der Waals surface area contributed by atoms with E-state index in [0.717, 1.165) is 16.2 Å². The minimum absolute atomic E-state index is 0.112. The van der Waals surface area contributed by atoms with Gasteiger partial charge in [0.25, 0.3) is 10.0 Å². The lowest BCUT2D eigenvalue weighted by atomic mass is 10.1. The topological polar surface area (TPSA) is 63.7 Å². The molecule has 3 rings (SSSR count). The lowest BCUT2D eigenvalue weighted by Crippen LogP contribution is -2.47. The van der Waals surface area contributed by atoms with Gasteiger partial charge in [0.05, 0.1) is 12.2 Å². The molecule has 2 aromatic rings. The fourth-order valence-corrected chi connectivity index (χ4v) is 5.85. The number of thiophene rings is 1. The first kappa shape index (κ1) is 19.0. The van der Waals surface area contributed by atoms with Crippen molar-refractivity contribution < 1.29 is 17.9 Å². The molecule has 0 saturated carbocycles. The van der Waals surface area contributed by atoms with Gasteiger partial charge in [-0.25, -0.2) is 8.42 Å². The highest BCUT2D eigenvalue weighted by Crippen LogP contribution is 2.28. The van der Waals surface area contributed by atoms with Crippen LogP contribution in [0, 0.1) is 0 Å². The molecule has 0 N–H and O–H groups in total. The molecule has 0 aliphatic carbocycles. The van der Waals surface area contributed by atoms with Crippen LogP contribution in [0.25, 0.3) is 6.08 Å². The molecule has 0 amide bonds. The Labute approximate surface area is 158 Å². The van der Waals surface area contributed by atoms with Crippen molar-refractivity contribution >= 4 is 33.2 Å². The van der Waals surface area contributed by atoms with Crippen LogP contribution in [0.3, 0.4) is 0 Å². The number of carbonyl (C=O) groups is 1. The number of allylic oxidation sites excluding steroid dienone is 1. The van der Waals surface area contributed by atoms with Crippen molar-refractivity contribution in [2.24, 2.45) is 0 Å². The second kappa shape index (κ2) is 7.84. The molecule has 138 valence electrons. The molecular formula is C19H21NO4S2. The second-order valence-electron chi connectivity index (χ2n) is 6.30. The van der Waals surface area contributed by atoms with E-state index in [4.69, 9.17) is 4.74 Å². The average Bonchev–Trinajstić information content (AvgIpc) is 3.09. The summed E-state index contributed by atoms with van der Waals surface area (Å²) in [5.41, 5.74) is 0.601. The number of rotatable bonds is 5. The summed E-state index contributed by atoms with van der Waals surface area (Å²) in [7, 11) is -3.54. The highest BCUT2D eigenvalue weighted by molar-refractivity contribution is 7.91. The Balaban J connectivity index is 1.75. The summed E-state index contributed by atoms with van der Waals surface area (Å²) in [5, 5.41) is 0. The Morgan fingerprint density at radius 3 is 2.42 bits per heavy atom. The van der Waals surface area contributed by atoms with E-state index in [1.807, 2.05) is 19.9 Å². The first-order chi connectivity index (χ1) is 12.4. The van der Waals surface area contributed by atoms with Gasteiger partial charge in [-0.2, -0.15) is 4.31 Å². The highest BCUT2D eigenvalue weighted by Gasteiger charge is 2.32. The molecular weight excluding hydrogens is 370 g/mol. The van der Waals surface area contributed by atoms with E-state index in [0.29, 0.717) is 18.7 Å². The van der Waals surface area contributed by atoms with Crippen LogP contribution in [-0.2, 0) is 14.8 Å². The molecule has 2 heterocycles. The summed E-state index contributed by atoms with van der Waals surface area (Å²) in [5.74, 6) is -0.112. The molecule has 7 heteroatoms. The molecule has 1 saturated heterocycles. The SMILES string of the molecule is CC1CN(S(=O)(=O)c2ccc(C=CC(=O)c3ccccc3)s2)CC(C)O1. The minimum Gasteiger partial charge on any atom is -0.373 e. The van der Waals surface area contributed by atoms with Crippen LogP contribution in [0.5, 0.6) is 0 Å². The predicted octanol–water partition coefficient (Wildman–Crippen LogP) is 3.44. The number of ketones is 1. The van der Waals surface area contributed by atoms with Crippen LogP contribution in [0.2, 0.25) is 0 Å². The Kier molecular flexibility index (Phi) is 5.72. The maximum absolute atomic E-state index is 12.8. The average molecular weight is 392 g/mol. The van der Waals surface area contributed by atoms with Gasteiger partial charge in [0.2, 0.25) is 0 Å². The summed E-state index contributed by atoms with van der Waals surface area (Å²) in [6, 6.07) is 12.3. The maximum atomic E-state index is 12.8. The van der Waals surface area contributed by atoms with E-state index in [-0.39, 0.29) is 22.2 Å². The number of hydrogen-bond donors (Lipinski definition) is 0. The minimum atomic E-state index is -3.54. The van der Waals surface area contributed by atoms with Gasteiger partial charge >= 0.3 is 0 Å². The first-order valence-electron chi connectivity index (χ1n) is 8.39. The van der Waals surface area contributed by atoms with Crippen LogP contribution in [0.15, 0.2) is 52.7 Å². The zero-order valence-electron chi connectivity index (χ0n) is 14.7. The van der Waals surface area contributed by atoms with E-state index in [1.165, 1.54) is 10.4 Å². The third-order valence-electron chi connectivity index (χ3n) is 4.04. The molecule has 1 aromatic heterocycles. The van der Waals surface area contributed by atoms with Gasteiger partial charge in [-0.1, -0.05) is 30.3 Å². The molecule has 0 radical (unpaired) electrons. The Bertz CT molecular complexity index is 893. The Hall–Kier alpha value is -1.80. The van der Waals surface area contributed by atoms with Gasteiger partial charge in [0.1, 0.15) is 4.21 Å². The monoisotopic (exact) mass is 391 g/mol. The van der Waals surface area contributed by atoms with E-state index >= 15 is 0 Å². The Morgan fingerprint density at radius 1 is 1.12 bits per heavy atom. The van der Waals surface area contributed by atoms with Crippen molar-refractivity contribution in [2.75, 3.05) is 13.1 Å². The van der Waals surface area contributed by atoms with Crippen molar-refractivity contribution in [3.8, 4) is 0 Å². The molecule has 1 fully saturated rings. The van der Waals surface area contributed by atoms with E-state index in [9.17, 15) is 13.2 Å². The molecule has 1 aliphatic rings. The summed E-state index contributed by atoms with van der Waals surface area (Å²) in [4.78, 5) is 12.8. The number of morpholine rings is 1. The van der Waals surface area contributed by atoms with Crippen molar-refractivity contribution in [1.29, 1.82) is 0 Å². The van der Waals surface area contributed by atoms with Crippen molar-refractivity contribution in [1.82, 2.24) is 4.31 Å². The van der Waals surface area contributed by atoms with Crippen LogP contribution in [-0.4, -0.2) is 43.8 Å². The van der Waals surface area contributed by atoms with Gasteiger partial charge in [-0.15, -0.1) is 11.3 Å². The fourth-order valence-electron chi connectivity index (χ4n) is 2.87. The number of hydrogen-bond acceptors (Lipinski definition) is 5. The van der Waals surface area contributed by atoms with Crippen molar-refractivity contribution in [3.05, 3.63) is 59.0 Å². The number of benzene rings is 1. The number of ether oxygens (including phenoxy) is 1. The number of carbonyl (C=O) groups excluding carboxylic acids is 1. The summed E-state index contributed by atoms with van der Waals surface area (Å²) in [6.07, 6.45) is 2.87. The summed E-state index contributed by atoms with van der Waals surface area (Å²) in [6.45, 7) is 4.44. The molecule has 2 atom stereocenters. The summed E-state index contributed by atoms with van der Waals surface area (Å²) < 4.78 is 33.0. The third-order valence-corrected chi connectivity index (χ3v) is 7.39. The van der Waals surface area contributed by atoms with E-state index < -0.39 is 10.0 Å². The van der Waals surface area contributed by atoms with Crippen molar-refractivity contribution in [2.45, 2.75) is 30.3 Å². The molecule has 1 aromatic carbocycles. The molecule has 2 unspecified atom stereocenters. The summed E-state index contributed by atoms with van der Waals surface area (Å²) >= 11 is 1.16. The van der Waals surface area contributed by atoms with Gasteiger partial charge < -0.3 is 4.74 Å². The molecule has 5 nitrogen and oxygen atoms in total. The van der Waals surface area contributed by atoms with Gasteiger partial charge in [0, 0.05) is 23.5 Å². The smallest absolute Gasteiger partial charge is 0.252 e. The zero-order chi connectivity index (χ0) is 18.7. The predicted molar refractivity (Wildman–Crippen MR) is 103 cm³/mol. The quantitative estimate of drug-likeness (QED) is 0.579. The zero-order valence-corrected chi connectivity index (χ0v) is 16.3. The highest BCUT2D eigenvalue weighted by atomic mass is 32.2. The van der Waals surface area contributed by atoms with E-state index in [1.54, 1.807) is 42.5 Å². The lowest BCUT2D eigenvalue weighted by Gasteiger charge is -2.34. The first-order valence-corrected chi connectivity index (χ1v) is 10.6. The Morgan fingerprint density at radius 2 is 1.77 bits per heavy atom. The van der Waals surface area contributed by atoms with Crippen LogP contribution in [0.4, 0.5) is 0 Å². The number of nitrogens with zero attached hydrogens (tertiary/aromatic N) is 1. The van der Waals surface area contributed by atoms with Crippen LogP contribution < -0.4 is 0 Å². The standard InChI is InChI=1S/C19H21NO4S2/c1-14-12-20(13-15(2)24-14)26(22,23)19-11-9-17(25-19)8-10-18(21)16-6-4-3-5-7-16/h3-11,14-15H,12-13H2,1-2H3. The van der Waals surface area contributed by atoms with Gasteiger partial charge in [-0.3, -0.25) is 4.79 Å². The van der Waals surface area contributed by atoms with Crippen molar-refractivity contribution in [3.63, 3.8) is 0 Å². The largest absolute Gasteiger partial charge is 0.373 e. The molecule has 26 heavy (non-hydrogen) atoms. The third kappa shape index (κ3) is 4.29. The fraction of sp³-hybridized carbons (Fsp3) is 0.316. The molecule has 0 spiro atoms. The van der Waals surface area contributed by atoms with Gasteiger partial charge in [0.15, 0.2) is 5.78 Å². The van der Waals surface area contributed by atoms with Gasteiger partial charge in [-0.05, 0) is 38.1 Å². The maximum Gasteiger partial charge on any atom is 0.252 e. The number of sulfonamides is 1. The molecule has 0 bridgehead atoms. The molecule has 1 aliphatic heterocycles. The van der Waals surface area contributed by atoms with Crippen LogP contribution in [0.1, 0.15) is 29.1 Å². The second-order valence-corrected chi connectivity index (χ2v) is 9.58. The van der Waals surface area contributed by atoms with Crippen LogP contribution >= 0.6 is 11.3 Å². The lowest BCUT2D eigenvalue weighted by molar-refractivity contribution is -0.0440.